The molecule has 1 aliphatic rings. The summed E-state index contributed by atoms with van der Waals surface area (Å²) in [6, 6.07) is 14.9. The van der Waals surface area contributed by atoms with E-state index in [1.165, 1.54) is 11.6 Å². The van der Waals surface area contributed by atoms with E-state index in [1.54, 1.807) is 26.0 Å². The molecule has 3 aromatic rings. The molecular weight excluding hydrogens is 407 g/mol. The number of halogens is 1. The number of esters is 1. The zero-order chi connectivity index (χ0) is 22.7. The molecule has 0 saturated carbocycles. The van der Waals surface area contributed by atoms with Gasteiger partial charge < -0.3 is 14.2 Å². The quantitative estimate of drug-likeness (QED) is 0.519. The summed E-state index contributed by atoms with van der Waals surface area (Å²) in [5.41, 5.74) is 4.11. The molecule has 0 N–H and O–H groups in total. The fraction of sp³-hybridized carbons (Fsp3) is 0.385. The van der Waals surface area contributed by atoms with Gasteiger partial charge in [-0.15, -0.1) is 0 Å². The normalized spacial score (nSPS) is 15.4. The SMILES string of the molecule is CCOC(=O)Cn1c2c(c3cc(F)ccc31)C[C@@H](N(CCc1ccccc1)C(C)=O)CC2. The number of nitrogens with zero attached hydrogens (tertiary/aromatic N) is 2. The van der Waals surface area contributed by atoms with Crippen LogP contribution in [0.5, 0.6) is 0 Å². The van der Waals surface area contributed by atoms with Crippen LogP contribution in [0.1, 0.15) is 37.1 Å². The molecule has 168 valence electrons. The van der Waals surface area contributed by atoms with E-state index in [1.807, 2.05) is 27.7 Å². The smallest absolute Gasteiger partial charge is 0.325 e. The van der Waals surface area contributed by atoms with Gasteiger partial charge in [-0.3, -0.25) is 9.59 Å². The van der Waals surface area contributed by atoms with Crippen molar-refractivity contribution in [2.45, 2.75) is 52.1 Å². The summed E-state index contributed by atoms with van der Waals surface area (Å²) >= 11 is 0. The third-order valence-corrected chi connectivity index (χ3v) is 6.32. The molecule has 0 bridgehead atoms. The summed E-state index contributed by atoms with van der Waals surface area (Å²) in [5.74, 6) is -0.550. The molecule has 6 heteroatoms. The Balaban J connectivity index is 1.63. The predicted molar refractivity (Wildman–Crippen MR) is 122 cm³/mol. The van der Waals surface area contributed by atoms with Crippen LogP contribution >= 0.6 is 0 Å². The Morgan fingerprint density at radius 2 is 1.97 bits per heavy atom. The number of benzene rings is 2. The topological polar surface area (TPSA) is 51.5 Å². The first-order valence-electron chi connectivity index (χ1n) is 11.2. The summed E-state index contributed by atoms with van der Waals surface area (Å²) < 4.78 is 21.2. The first-order valence-corrected chi connectivity index (χ1v) is 11.2. The zero-order valence-corrected chi connectivity index (χ0v) is 18.6. The molecule has 1 heterocycles. The Morgan fingerprint density at radius 3 is 2.69 bits per heavy atom. The molecule has 0 spiro atoms. The maximum Gasteiger partial charge on any atom is 0.325 e. The van der Waals surface area contributed by atoms with Crippen molar-refractivity contribution < 1.29 is 18.7 Å². The van der Waals surface area contributed by atoms with Crippen LogP contribution in [0.3, 0.4) is 0 Å². The van der Waals surface area contributed by atoms with Crippen LogP contribution in [0.15, 0.2) is 48.5 Å². The Kier molecular flexibility index (Phi) is 6.58. The highest BCUT2D eigenvalue weighted by Crippen LogP contribution is 2.34. The second kappa shape index (κ2) is 9.55. The summed E-state index contributed by atoms with van der Waals surface area (Å²) in [5, 5.41) is 0.820. The second-order valence-electron chi connectivity index (χ2n) is 8.32. The van der Waals surface area contributed by atoms with Crippen molar-refractivity contribution in [2.75, 3.05) is 13.2 Å². The summed E-state index contributed by atoms with van der Waals surface area (Å²) in [4.78, 5) is 26.7. The van der Waals surface area contributed by atoms with E-state index in [4.69, 9.17) is 4.74 Å². The Labute approximate surface area is 187 Å². The number of aromatic nitrogens is 1. The van der Waals surface area contributed by atoms with Gasteiger partial charge in [0.2, 0.25) is 5.91 Å². The van der Waals surface area contributed by atoms with E-state index in [0.717, 1.165) is 41.4 Å². The van der Waals surface area contributed by atoms with Gasteiger partial charge in [-0.1, -0.05) is 30.3 Å². The maximum absolute atomic E-state index is 14.1. The van der Waals surface area contributed by atoms with Gasteiger partial charge in [-0.05, 0) is 61.9 Å². The summed E-state index contributed by atoms with van der Waals surface area (Å²) in [7, 11) is 0. The molecule has 0 fully saturated rings. The van der Waals surface area contributed by atoms with Crippen molar-refractivity contribution >= 4 is 22.8 Å². The molecule has 1 aromatic heterocycles. The average Bonchev–Trinajstić information content (AvgIpc) is 3.07. The number of carbonyl (C=O) groups is 2. The van der Waals surface area contributed by atoms with Crippen LogP contribution < -0.4 is 0 Å². The third kappa shape index (κ3) is 4.54. The lowest BCUT2D eigenvalue weighted by molar-refractivity contribution is -0.143. The van der Waals surface area contributed by atoms with Gasteiger partial charge >= 0.3 is 5.97 Å². The molecular formula is C26H29FN2O3. The standard InChI is InChI=1S/C26H29FN2O3/c1-3-32-26(31)17-29-24-11-9-20(27)15-22(24)23-16-21(10-12-25(23)29)28(18(2)30)14-13-19-7-5-4-6-8-19/h4-9,11,15,21H,3,10,12-14,16-17H2,1-2H3/t21-/m0/s1. The maximum atomic E-state index is 14.1. The van der Waals surface area contributed by atoms with Gasteiger partial charge in [-0.2, -0.15) is 0 Å². The van der Waals surface area contributed by atoms with Crippen LogP contribution in [-0.2, 0) is 40.1 Å². The van der Waals surface area contributed by atoms with Crippen LogP contribution in [0.2, 0.25) is 0 Å². The molecule has 1 amide bonds. The minimum Gasteiger partial charge on any atom is -0.465 e. The van der Waals surface area contributed by atoms with Gasteiger partial charge in [0.25, 0.3) is 0 Å². The zero-order valence-electron chi connectivity index (χ0n) is 18.6. The van der Waals surface area contributed by atoms with Crippen molar-refractivity contribution in [1.82, 2.24) is 9.47 Å². The highest BCUT2D eigenvalue weighted by molar-refractivity contribution is 5.87. The van der Waals surface area contributed by atoms with E-state index in [2.05, 4.69) is 12.1 Å². The Morgan fingerprint density at radius 1 is 1.19 bits per heavy atom. The van der Waals surface area contributed by atoms with Crippen LogP contribution in [0.4, 0.5) is 4.39 Å². The first-order chi connectivity index (χ1) is 15.5. The van der Waals surface area contributed by atoms with Gasteiger partial charge in [0.05, 0.1) is 6.61 Å². The minimum absolute atomic E-state index is 0.0497. The number of hydrogen-bond donors (Lipinski definition) is 0. The lowest BCUT2D eigenvalue weighted by Crippen LogP contribution is -2.43. The van der Waals surface area contributed by atoms with E-state index in [-0.39, 0.29) is 30.3 Å². The lowest BCUT2D eigenvalue weighted by atomic mass is 9.90. The van der Waals surface area contributed by atoms with Gasteiger partial charge in [0.1, 0.15) is 12.4 Å². The molecule has 32 heavy (non-hydrogen) atoms. The molecule has 1 atom stereocenters. The fourth-order valence-electron chi connectivity index (χ4n) is 4.88. The number of amides is 1. The van der Waals surface area contributed by atoms with Gasteiger partial charge in [-0.25, -0.2) is 4.39 Å². The monoisotopic (exact) mass is 436 g/mol. The van der Waals surface area contributed by atoms with E-state index < -0.39 is 0 Å². The highest BCUT2D eigenvalue weighted by atomic mass is 19.1. The lowest BCUT2D eigenvalue weighted by Gasteiger charge is -2.34. The number of fused-ring (bicyclic) bond motifs is 3. The number of hydrogen-bond acceptors (Lipinski definition) is 3. The minimum atomic E-state index is -0.303. The Hall–Kier alpha value is -3.15. The second-order valence-corrected chi connectivity index (χ2v) is 8.32. The van der Waals surface area contributed by atoms with Crippen molar-refractivity contribution in [3.63, 3.8) is 0 Å². The van der Waals surface area contributed by atoms with Crippen molar-refractivity contribution in [3.05, 3.63) is 71.2 Å². The summed E-state index contributed by atoms with van der Waals surface area (Å²) in [6.45, 7) is 4.48. The van der Waals surface area contributed by atoms with Crippen LogP contribution in [-0.4, -0.2) is 40.5 Å². The molecule has 0 unspecified atom stereocenters. The van der Waals surface area contributed by atoms with Crippen molar-refractivity contribution in [1.29, 1.82) is 0 Å². The molecule has 5 nitrogen and oxygen atoms in total. The molecule has 0 aliphatic heterocycles. The Bertz CT molecular complexity index is 1120. The van der Waals surface area contributed by atoms with Crippen LogP contribution in [0, 0.1) is 5.82 Å². The molecule has 2 aromatic carbocycles. The molecule has 1 aliphatic carbocycles. The summed E-state index contributed by atoms with van der Waals surface area (Å²) in [6.07, 6.45) is 2.98. The van der Waals surface area contributed by atoms with E-state index in [0.29, 0.717) is 19.6 Å². The van der Waals surface area contributed by atoms with Gasteiger partial charge in [0.15, 0.2) is 0 Å². The molecule has 4 rings (SSSR count). The van der Waals surface area contributed by atoms with Crippen LogP contribution in [0.25, 0.3) is 10.9 Å². The number of rotatable bonds is 7. The van der Waals surface area contributed by atoms with E-state index >= 15 is 0 Å². The number of carbonyl (C=O) groups excluding carboxylic acids is 2. The number of ether oxygens (including phenoxy) is 1. The third-order valence-electron chi connectivity index (χ3n) is 6.32. The average molecular weight is 437 g/mol. The largest absolute Gasteiger partial charge is 0.465 e. The molecule has 0 radical (unpaired) electrons. The van der Waals surface area contributed by atoms with Crippen molar-refractivity contribution in [2.24, 2.45) is 0 Å². The fourth-order valence-corrected chi connectivity index (χ4v) is 4.88. The van der Waals surface area contributed by atoms with Crippen molar-refractivity contribution in [3.8, 4) is 0 Å². The van der Waals surface area contributed by atoms with E-state index in [9.17, 15) is 14.0 Å². The highest BCUT2D eigenvalue weighted by Gasteiger charge is 2.30. The first kappa shape index (κ1) is 22.1. The van der Waals surface area contributed by atoms with Gasteiger partial charge in [0, 0.05) is 36.1 Å². The molecule has 0 saturated heterocycles. The predicted octanol–water partition coefficient (Wildman–Crippen LogP) is 4.29.